The van der Waals surface area contributed by atoms with Crippen LogP contribution in [-0.4, -0.2) is 52.8 Å². The van der Waals surface area contributed by atoms with Crippen LogP contribution in [0.25, 0.3) is 0 Å². The first-order chi connectivity index (χ1) is 13.5. The van der Waals surface area contributed by atoms with E-state index in [0.29, 0.717) is 0 Å². The molecule has 29 heavy (non-hydrogen) atoms. The highest BCUT2D eigenvalue weighted by Crippen LogP contribution is 2.33. The molecule has 2 aromatic carbocycles. The van der Waals surface area contributed by atoms with Crippen molar-refractivity contribution in [2.45, 2.75) is 19.5 Å². The van der Waals surface area contributed by atoms with Gasteiger partial charge in [0.25, 0.3) is 0 Å². The third-order valence-corrected chi connectivity index (χ3v) is 5.13. The van der Waals surface area contributed by atoms with Crippen LogP contribution in [0.5, 0.6) is 11.5 Å². The van der Waals surface area contributed by atoms with Gasteiger partial charge in [0.1, 0.15) is 0 Å². The number of hydrogen-bond donors (Lipinski definition) is 1. The van der Waals surface area contributed by atoms with Crippen LogP contribution in [0.4, 0.5) is 5.69 Å². The first-order valence-electron chi connectivity index (χ1n) is 9.51. The summed E-state index contributed by atoms with van der Waals surface area (Å²) in [5.41, 5.74) is 4.99. The number of fused-ring (bicyclic) bond motifs is 1. The molecule has 2 aromatic rings. The summed E-state index contributed by atoms with van der Waals surface area (Å²) in [6.07, 6.45) is 0.952. The molecule has 6 nitrogen and oxygen atoms in total. The van der Waals surface area contributed by atoms with Crippen molar-refractivity contribution in [3.05, 3.63) is 53.1 Å². The number of hydrogen-bond acceptors (Lipinski definition) is 4. The van der Waals surface area contributed by atoms with Crippen LogP contribution in [0.1, 0.15) is 16.7 Å². The van der Waals surface area contributed by atoms with Crippen molar-refractivity contribution in [1.29, 1.82) is 0 Å². The van der Waals surface area contributed by atoms with E-state index in [0.717, 1.165) is 43.5 Å². The standard InChI is InChI=1S/C22H30N4O2.HI/c1-23-22(24-14-16-6-8-19(9-7-16)25(2)3)26-11-10-17-12-20(27-4)21(28-5)13-18(17)15-26;/h6-9,12-13H,10-11,14-15H2,1-5H3,(H,23,24);1H. The van der Waals surface area contributed by atoms with Crippen molar-refractivity contribution >= 4 is 35.6 Å². The Bertz CT molecular complexity index is 837. The molecule has 1 heterocycles. The van der Waals surface area contributed by atoms with Crippen LogP contribution in [0, 0.1) is 0 Å². The molecule has 0 amide bonds. The highest BCUT2D eigenvalue weighted by molar-refractivity contribution is 14.0. The first-order valence-corrected chi connectivity index (χ1v) is 9.51. The molecule has 0 spiro atoms. The SMILES string of the molecule is CN=C(NCc1ccc(N(C)C)cc1)N1CCc2cc(OC)c(OC)cc2C1.I. The molecule has 0 bridgehead atoms. The lowest BCUT2D eigenvalue weighted by Gasteiger charge is -2.32. The molecular weight excluding hydrogens is 479 g/mol. The lowest BCUT2D eigenvalue weighted by atomic mass is 9.99. The van der Waals surface area contributed by atoms with E-state index in [1.165, 1.54) is 22.4 Å². The summed E-state index contributed by atoms with van der Waals surface area (Å²) in [4.78, 5) is 8.87. The van der Waals surface area contributed by atoms with Crippen LogP contribution in [-0.2, 0) is 19.5 Å². The molecule has 0 fully saturated rings. The van der Waals surface area contributed by atoms with E-state index in [1.807, 2.05) is 21.1 Å². The van der Waals surface area contributed by atoms with Gasteiger partial charge in [-0.1, -0.05) is 12.1 Å². The van der Waals surface area contributed by atoms with Gasteiger partial charge in [-0.15, -0.1) is 24.0 Å². The summed E-state index contributed by atoms with van der Waals surface area (Å²) in [5, 5.41) is 3.49. The third-order valence-electron chi connectivity index (χ3n) is 5.13. The Hall–Kier alpha value is -2.16. The largest absolute Gasteiger partial charge is 0.493 e. The fraction of sp³-hybridized carbons (Fsp3) is 0.409. The molecule has 0 atom stereocenters. The van der Waals surface area contributed by atoms with E-state index in [1.54, 1.807) is 14.2 Å². The Labute approximate surface area is 190 Å². The van der Waals surface area contributed by atoms with Crippen LogP contribution in [0.15, 0.2) is 41.4 Å². The van der Waals surface area contributed by atoms with Gasteiger partial charge in [-0.3, -0.25) is 4.99 Å². The third kappa shape index (κ3) is 5.46. The molecular formula is C22H31IN4O2. The minimum absolute atomic E-state index is 0. The first kappa shape index (κ1) is 23.1. The Morgan fingerprint density at radius 1 is 1.07 bits per heavy atom. The van der Waals surface area contributed by atoms with E-state index in [4.69, 9.17) is 9.47 Å². The van der Waals surface area contributed by atoms with Crippen LogP contribution >= 0.6 is 24.0 Å². The van der Waals surface area contributed by atoms with E-state index >= 15 is 0 Å². The molecule has 3 rings (SSSR count). The van der Waals surface area contributed by atoms with Gasteiger partial charge >= 0.3 is 0 Å². The predicted molar refractivity (Wildman–Crippen MR) is 130 cm³/mol. The average Bonchev–Trinajstić information content (AvgIpc) is 2.73. The van der Waals surface area contributed by atoms with E-state index in [9.17, 15) is 0 Å². The second kappa shape index (κ2) is 10.6. The zero-order valence-electron chi connectivity index (χ0n) is 17.9. The summed E-state index contributed by atoms with van der Waals surface area (Å²) in [7, 11) is 9.28. The number of nitrogens with one attached hydrogen (secondary N) is 1. The smallest absolute Gasteiger partial charge is 0.194 e. The van der Waals surface area contributed by atoms with Gasteiger partial charge in [0, 0.05) is 46.5 Å². The molecule has 1 aliphatic heterocycles. The van der Waals surface area contributed by atoms with Crippen molar-refractivity contribution in [1.82, 2.24) is 10.2 Å². The monoisotopic (exact) mass is 510 g/mol. The van der Waals surface area contributed by atoms with E-state index in [2.05, 4.69) is 56.5 Å². The zero-order chi connectivity index (χ0) is 20.1. The number of rotatable bonds is 5. The number of ether oxygens (including phenoxy) is 2. The normalized spacial score (nSPS) is 13.3. The number of halogens is 1. The highest BCUT2D eigenvalue weighted by atomic mass is 127. The van der Waals surface area contributed by atoms with E-state index < -0.39 is 0 Å². The topological polar surface area (TPSA) is 49.3 Å². The summed E-state index contributed by atoms with van der Waals surface area (Å²) in [5.74, 6) is 2.47. The van der Waals surface area contributed by atoms with Crippen molar-refractivity contribution in [2.75, 3.05) is 46.8 Å². The van der Waals surface area contributed by atoms with Crippen molar-refractivity contribution < 1.29 is 9.47 Å². The number of methoxy groups -OCH3 is 2. The number of aliphatic imine (C=N–C) groups is 1. The zero-order valence-corrected chi connectivity index (χ0v) is 20.2. The fourth-order valence-electron chi connectivity index (χ4n) is 3.49. The summed E-state index contributed by atoms with van der Waals surface area (Å²) in [6, 6.07) is 12.7. The second-order valence-corrected chi connectivity index (χ2v) is 7.11. The lowest BCUT2D eigenvalue weighted by molar-refractivity contribution is 0.346. The molecule has 0 saturated carbocycles. The number of benzene rings is 2. The molecule has 7 heteroatoms. The number of nitrogens with zero attached hydrogens (tertiary/aromatic N) is 3. The Morgan fingerprint density at radius 2 is 1.69 bits per heavy atom. The Morgan fingerprint density at radius 3 is 2.24 bits per heavy atom. The average molecular weight is 510 g/mol. The highest BCUT2D eigenvalue weighted by Gasteiger charge is 2.21. The molecule has 158 valence electrons. The quantitative estimate of drug-likeness (QED) is 0.379. The second-order valence-electron chi connectivity index (χ2n) is 7.11. The Balaban J connectivity index is 0.00000300. The number of anilines is 1. The molecule has 0 radical (unpaired) electrons. The molecule has 0 aliphatic carbocycles. The summed E-state index contributed by atoms with van der Waals surface area (Å²) >= 11 is 0. The molecule has 1 N–H and O–H groups in total. The van der Waals surface area contributed by atoms with Crippen LogP contribution in [0.3, 0.4) is 0 Å². The van der Waals surface area contributed by atoms with Crippen molar-refractivity contribution in [2.24, 2.45) is 4.99 Å². The van der Waals surface area contributed by atoms with Gasteiger partial charge in [0.15, 0.2) is 17.5 Å². The molecule has 0 unspecified atom stereocenters. The summed E-state index contributed by atoms with van der Waals surface area (Å²) < 4.78 is 10.9. The van der Waals surface area contributed by atoms with Gasteiger partial charge in [-0.25, -0.2) is 0 Å². The Kier molecular flexibility index (Phi) is 8.43. The molecule has 1 aliphatic rings. The summed E-state index contributed by atoms with van der Waals surface area (Å²) in [6.45, 7) is 2.46. The maximum atomic E-state index is 5.46. The van der Waals surface area contributed by atoms with Gasteiger partial charge in [0.05, 0.1) is 14.2 Å². The predicted octanol–water partition coefficient (Wildman–Crippen LogP) is 3.52. The van der Waals surface area contributed by atoms with E-state index in [-0.39, 0.29) is 24.0 Å². The van der Waals surface area contributed by atoms with Crippen LogP contribution < -0.4 is 19.7 Å². The van der Waals surface area contributed by atoms with Gasteiger partial charge in [0.2, 0.25) is 0 Å². The minimum Gasteiger partial charge on any atom is -0.493 e. The minimum atomic E-state index is 0. The van der Waals surface area contributed by atoms with Crippen molar-refractivity contribution in [3.63, 3.8) is 0 Å². The van der Waals surface area contributed by atoms with Gasteiger partial charge in [-0.2, -0.15) is 0 Å². The maximum absolute atomic E-state index is 5.46. The number of guanidine groups is 1. The fourth-order valence-corrected chi connectivity index (χ4v) is 3.49. The van der Waals surface area contributed by atoms with Crippen molar-refractivity contribution in [3.8, 4) is 11.5 Å². The van der Waals surface area contributed by atoms with Gasteiger partial charge < -0.3 is 24.6 Å². The molecule has 0 saturated heterocycles. The molecule has 0 aromatic heterocycles. The van der Waals surface area contributed by atoms with Gasteiger partial charge in [-0.05, 0) is 47.4 Å². The lowest BCUT2D eigenvalue weighted by Crippen LogP contribution is -2.43. The van der Waals surface area contributed by atoms with Crippen LogP contribution in [0.2, 0.25) is 0 Å². The maximum Gasteiger partial charge on any atom is 0.194 e.